The maximum Gasteiger partial charge on any atom is 0.428 e. The Morgan fingerprint density at radius 2 is 1.88 bits per heavy atom. The zero-order chi connectivity index (χ0) is 17.6. The lowest BCUT2D eigenvalue weighted by atomic mass is 10.0. The van der Waals surface area contributed by atoms with Crippen molar-refractivity contribution in [3.05, 3.63) is 54.2 Å². The van der Waals surface area contributed by atoms with E-state index in [1.54, 1.807) is 6.20 Å². The highest BCUT2D eigenvalue weighted by atomic mass is 16.6. The molecule has 0 saturated carbocycles. The molecule has 126 valence electrons. The van der Waals surface area contributed by atoms with E-state index in [1.165, 1.54) is 0 Å². The van der Waals surface area contributed by atoms with E-state index in [0.717, 1.165) is 22.5 Å². The van der Waals surface area contributed by atoms with Gasteiger partial charge < -0.3 is 4.74 Å². The number of carbonyl (C=O) groups excluding carboxylic acids is 1. The van der Waals surface area contributed by atoms with Crippen LogP contribution < -0.4 is 5.43 Å². The highest BCUT2D eigenvalue weighted by Crippen LogP contribution is 2.17. The summed E-state index contributed by atoms with van der Waals surface area (Å²) in [7, 11) is 0. The lowest BCUT2D eigenvalue weighted by Gasteiger charge is -2.18. The molecule has 0 unspecified atom stereocenters. The largest absolute Gasteiger partial charge is 0.443 e. The van der Waals surface area contributed by atoms with Gasteiger partial charge in [0.2, 0.25) is 0 Å². The minimum atomic E-state index is -0.557. The fourth-order valence-corrected chi connectivity index (χ4v) is 2.13. The fourth-order valence-electron chi connectivity index (χ4n) is 2.13. The summed E-state index contributed by atoms with van der Waals surface area (Å²) in [6, 6.07) is 13.8. The van der Waals surface area contributed by atoms with Gasteiger partial charge in [-0.2, -0.15) is 5.10 Å². The smallest absolute Gasteiger partial charge is 0.428 e. The summed E-state index contributed by atoms with van der Waals surface area (Å²) in [5.74, 6) is 0. The molecule has 0 spiro atoms. The van der Waals surface area contributed by atoms with Crippen molar-refractivity contribution in [2.75, 3.05) is 0 Å². The summed E-state index contributed by atoms with van der Waals surface area (Å²) in [6.07, 6.45) is 1.91. The number of hydrogen-bond donors (Lipinski definition) is 1. The summed E-state index contributed by atoms with van der Waals surface area (Å²) in [6.45, 7) is 7.43. The van der Waals surface area contributed by atoms with E-state index in [-0.39, 0.29) is 0 Å². The molecule has 2 aromatic rings. The minimum Gasteiger partial charge on any atom is -0.443 e. The minimum absolute atomic E-state index is 0.545. The quantitative estimate of drug-likeness (QED) is 0.670. The predicted octanol–water partition coefficient (Wildman–Crippen LogP) is 4.39. The Labute approximate surface area is 142 Å². The van der Waals surface area contributed by atoms with Crippen molar-refractivity contribution in [1.82, 2.24) is 10.4 Å². The van der Waals surface area contributed by atoms with Crippen LogP contribution in [0.4, 0.5) is 4.79 Å². The molecule has 24 heavy (non-hydrogen) atoms. The molecular weight excluding hydrogens is 302 g/mol. The average Bonchev–Trinajstić information content (AvgIpc) is 2.55. The first-order chi connectivity index (χ1) is 11.4. The number of pyridine rings is 1. The molecule has 1 aromatic carbocycles. The first kappa shape index (κ1) is 17.7. The Morgan fingerprint density at radius 3 is 2.42 bits per heavy atom. The molecule has 0 bridgehead atoms. The molecule has 0 fully saturated rings. The number of hydrogen-bond acceptors (Lipinski definition) is 4. The summed E-state index contributed by atoms with van der Waals surface area (Å²) in [5, 5.41) is 4.18. The topological polar surface area (TPSA) is 63.6 Å². The first-order valence-corrected chi connectivity index (χ1v) is 7.96. The third kappa shape index (κ3) is 5.19. The first-order valence-electron chi connectivity index (χ1n) is 7.96. The molecule has 0 atom stereocenters. The zero-order valence-corrected chi connectivity index (χ0v) is 14.5. The molecule has 5 heteroatoms. The van der Waals surface area contributed by atoms with E-state index in [0.29, 0.717) is 6.42 Å². The van der Waals surface area contributed by atoms with E-state index in [1.807, 2.05) is 70.2 Å². The Bertz CT molecular complexity index is 702. The van der Waals surface area contributed by atoms with Crippen molar-refractivity contribution < 1.29 is 9.53 Å². The van der Waals surface area contributed by atoms with Gasteiger partial charge in [0.25, 0.3) is 0 Å². The standard InChI is InChI=1S/C19H23N3O2/c1-5-16(21-22-18(23)24-19(2,3)4)14-9-11-15(12-10-14)17-8-6-7-13-20-17/h6-13H,5H2,1-4H3,(H,22,23)/b21-16+. The van der Waals surface area contributed by atoms with Gasteiger partial charge in [0.1, 0.15) is 5.60 Å². The van der Waals surface area contributed by atoms with E-state index >= 15 is 0 Å². The summed E-state index contributed by atoms with van der Waals surface area (Å²) < 4.78 is 5.18. The molecule has 1 heterocycles. The van der Waals surface area contributed by atoms with E-state index in [9.17, 15) is 4.79 Å². The Kier molecular flexibility index (Phi) is 5.68. The Hall–Kier alpha value is -2.69. The van der Waals surface area contributed by atoms with E-state index < -0.39 is 11.7 Å². The number of rotatable bonds is 4. The highest BCUT2D eigenvalue weighted by Gasteiger charge is 2.15. The average molecular weight is 325 g/mol. The maximum absolute atomic E-state index is 11.7. The lowest BCUT2D eigenvalue weighted by molar-refractivity contribution is 0.0529. The molecule has 0 saturated heterocycles. The van der Waals surface area contributed by atoms with Crippen LogP contribution in [-0.4, -0.2) is 22.4 Å². The van der Waals surface area contributed by atoms with Crippen molar-refractivity contribution in [1.29, 1.82) is 0 Å². The second kappa shape index (κ2) is 7.73. The predicted molar refractivity (Wildman–Crippen MR) is 95.9 cm³/mol. The number of amides is 1. The molecule has 1 N–H and O–H groups in total. The molecule has 0 radical (unpaired) electrons. The van der Waals surface area contributed by atoms with Crippen LogP contribution in [0.25, 0.3) is 11.3 Å². The van der Waals surface area contributed by atoms with Gasteiger partial charge in [0, 0.05) is 11.8 Å². The number of ether oxygens (including phenoxy) is 1. The van der Waals surface area contributed by atoms with Gasteiger partial charge in [-0.25, -0.2) is 10.2 Å². The van der Waals surface area contributed by atoms with Crippen LogP contribution in [0, 0.1) is 0 Å². The maximum atomic E-state index is 11.7. The van der Waals surface area contributed by atoms with Gasteiger partial charge in [0.05, 0.1) is 11.4 Å². The normalized spacial score (nSPS) is 11.9. The van der Waals surface area contributed by atoms with E-state index in [2.05, 4.69) is 15.5 Å². The van der Waals surface area contributed by atoms with Crippen LogP contribution in [0.2, 0.25) is 0 Å². The van der Waals surface area contributed by atoms with Crippen LogP contribution >= 0.6 is 0 Å². The van der Waals surface area contributed by atoms with Crippen molar-refractivity contribution in [2.24, 2.45) is 5.10 Å². The van der Waals surface area contributed by atoms with Gasteiger partial charge in [0.15, 0.2) is 0 Å². The van der Waals surface area contributed by atoms with Crippen LogP contribution in [0.5, 0.6) is 0 Å². The molecule has 5 nitrogen and oxygen atoms in total. The summed E-state index contributed by atoms with van der Waals surface area (Å²) in [4.78, 5) is 16.0. The van der Waals surface area contributed by atoms with Crippen molar-refractivity contribution >= 4 is 11.8 Å². The number of aromatic nitrogens is 1. The molecule has 0 aliphatic rings. The molecule has 0 aliphatic heterocycles. The lowest BCUT2D eigenvalue weighted by Crippen LogP contribution is -2.30. The summed E-state index contributed by atoms with van der Waals surface area (Å²) >= 11 is 0. The van der Waals surface area contributed by atoms with Crippen LogP contribution in [0.3, 0.4) is 0 Å². The van der Waals surface area contributed by atoms with Crippen molar-refractivity contribution in [2.45, 2.75) is 39.7 Å². The van der Waals surface area contributed by atoms with Crippen LogP contribution in [-0.2, 0) is 4.74 Å². The SMILES string of the molecule is CC/C(=N\NC(=O)OC(C)(C)C)c1ccc(-c2ccccn2)cc1. The monoisotopic (exact) mass is 325 g/mol. The zero-order valence-electron chi connectivity index (χ0n) is 14.5. The molecular formula is C19H23N3O2. The van der Waals surface area contributed by atoms with Crippen molar-refractivity contribution in [3.8, 4) is 11.3 Å². The van der Waals surface area contributed by atoms with Gasteiger partial charge in [-0.1, -0.05) is 37.3 Å². The highest BCUT2D eigenvalue weighted by molar-refractivity contribution is 6.01. The van der Waals surface area contributed by atoms with E-state index in [4.69, 9.17) is 4.74 Å². The van der Waals surface area contributed by atoms with Crippen LogP contribution in [0.15, 0.2) is 53.8 Å². The number of benzene rings is 1. The van der Waals surface area contributed by atoms with Crippen LogP contribution in [0.1, 0.15) is 39.7 Å². The van der Waals surface area contributed by atoms with Gasteiger partial charge in [-0.15, -0.1) is 0 Å². The van der Waals surface area contributed by atoms with Gasteiger partial charge in [-0.05, 0) is 44.9 Å². The number of nitrogens with one attached hydrogen (secondary N) is 1. The third-order valence-electron chi connectivity index (χ3n) is 3.19. The fraction of sp³-hybridized carbons (Fsp3) is 0.316. The summed E-state index contributed by atoms with van der Waals surface area (Å²) in [5.41, 5.74) is 5.60. The molecule has 2 rings (SSSR count). The van der Waals surface area contributed by atoms with Gasteiger partial charge >= 0.3 is 6.09 Å². The third-order valence-corrected chi connectivity index (χ3v) is 3.19. The second-order valence-corrected chi connectivity index (χ2v) is 6.32. The Balaban J connectivity index is 2.10. The number of carbonyl (C=O) groups is 1. The number of hydrazone groups is 1. The second-order valence-electron chi connectivity index (χ2n) is 6.32. The number of nitrogens with zero attached hydrogens (tertiary/aromatic N) is 2. The molecule has 1 amide bonds. The molecule has 0 aliphatic carbocycles. The van der Waals surface area contributed by atoms with Gasteiger partial charge in [-0.3, -0.25) is 4.98 Å². The molecule has 1 aromatic heterocycles. The Morgan fingerprint density at radius 1 is 1.17 bits per heavy atom. The van der Waals surface area contributed by atoms with Crippen molar-refractivity contribution in [3.63, 3.8) is 0 Å².